The predicted molar refractivity (Wildman–Crippen MR) is 329 cm³/mol. The highest BCUT2D eigenvalue weighted by Gasteiger charge is 2.16. The van der Waals surface area contributed by atoms with Gasteiger partial charge in [0.15, 0.2) is 6.10 Å². The van der Waals surface area contributed by atoms with Gasteiger partial charge in [-0.05, 0) is 89.9 Å². The Kier molecular flexibility index (Phi) is 61.4. The van der Waals surface area contributed by atoms with Crippen LogP contribution in [-0.4, -0.2) is 36.4 Å². The molecule has 0 aromatic rings. The van der Waals surface area contributed by atoms with E-state index in [0.717, 1.165) is 109 Å². The largest absolute Gasteiger partial charge is 0.462 e. The van der Waals surface area contributed by atoms with Gasteiger partial charge in [-0.1, -0.05) is 309 Å². The number of hydrogen-bond acceptors (Lipinski definition) is 5. The van der Waals surface area contributed by atoms with Crippen LogP contribution in [0.2, 0.25) is 0 Å². The summed E-state index contributed by atoms with van der Waals surface area (Å²) in [5.74, 6) is -0.595. The standard InChI is InChI=1S/C70H118O5/c1-3-5-7-9-11-13-15-17-19-21-23-25-27-28-29-30-31-32-33-34-35-36-37-38-39-40-41-42-43-45-47-49-51-53-55-57-59-61-63-65-70(73)75-68(66-71)67-74-69(72)64-62-60-58-56-54-52-50-48-46-44-26-24-22-20-18-16-14-12-10-8-6-4-2/h5,7,11,13,17,19,23,25,28-29,31-32,34-35,37-38,40-41,43,45,68,71H,3-4,6,8-10,12,14-16,18,20-22,24,26-27,30,33,36,39,42,44,46-67H2,1-2H3/b7-5-,13-11-,19-17-,25-23-,29-28-,32-31-,35-34-,38-37-,41-40-,45-43-. The number of aliphatic hydroxyl groups is 1. The summed E-state index contributed by atoms with van der Waals surface area (Å²) < 4.78 is 10.7. The smallest absolute Gasteiger partial charge is 0.306 e. The van der Waals surface area contributed by atoms with Gasteiger partial charge in [-0.15, -0.1) is 0 Å². The molecule has 0 rings (SSSR count). The van der Waals surface area contributed by atoms with Crippen molar-refractivity contribution in [3.63, 3.8) is 0 Å². The van der Waals surface area contributed by atoms with E-state index in [1.807, 2.05) is 0 Å². The molecule has 0 fully saturated rings. The van der Waals surface area contributed by atoms with E-state index < -0.39 is 6.10 Å². The van der Waals surface area contributed by atoms with Crippen LogP contribution < -0.4 is 0 Å². The van der Waals surface area contributed by atoms with Crippen molar-refractivity contribution in [3.8, 4) is 0 Å². The number of hydrogen-bond donors (Lipinski definition) is 1. The Hall–Kier alpha value is -3.70. The first-order valence-electron chi connectivity index (χ1n) is 31.6. The Balaban J connectivity index is 3.57. The first kappa shape index (κ1) is 71.3. The summed E-state index contributed by atoms with van der Waals surface area (Å²) in [7, 11) is 0. The van der Waals surface area contributed by atoms with Crippen LogP contribution in [0.15, 0.2) is 122 Å². The first-order valence-corrected chi connectivity index (χ1v) is 31.6. The van der Waals surface area contributed by atoms with Crippen molar-refractivity contribution < 1.29 is 24.2 Å². The summed E-state index contributed by atoms with van der Waals surface area (Å²) in [6.45, 7) is 4.05. The van der Waals surface area contributed by atoms with Crippen molar-refractivity contribution in [2.75, 3.05) is 13.2 Å². The Morgan fingerprint density at radius 2 is 0.573 bits per heavy atom. The molecule has 1 atom stereocenters. The first-order chi connectivity index (χ1) is 37.1. The van der Waals surface area contributed by atoms with Crippen LogP contribution in [0.25, 0.3) is 0 Å². The molecule has 1 unspecified atom stereocenters. The summed E-state index contributed by atoms with van der Waals surface area (Å²) in [4.78, 5) is 24.6. The second-order valence-corrected chi connectivity index (χ2v) is 20.8. The number of esters is 2. The number of rotatable bonds is 57. The van der Waals surface area contributed by atoms with Gasteiger partial charge in [0.25, 0.3) is 0 Å². The van der Waals surface area contributed by atoms with Crippen molar-refractivity contribution in [1.29, 1.82) is 0 Å². The van der Waals surface area contributed by atoms with E-state index in [9.17, 15) is 14.7 Å². The highest BCUT2D eigenvalue weighted by molar-refractivity contribution is 5.70. The monoisotopic (exact) mass is 1040 g/mol. The predicted octanol–water partition coefficient (Wildman–Crippen LogP) is 21.8. The zero-order valence-electron chi connectivity index (χ0n) is 49.0. The normalized spacial score (nSPS) is 13.1. The van der Waals surface area contributed by atoms with Crippen LogP contribution in [0.3, 0.4) is 0 Å². The van der Waals surface area contributed by atoms with E-state index in [1.165, 1.54) is 154 Å². The van der Waals surface area contributed by atoms with E-state index in [1.54, 1.807) is 0 Å². The van der Waals surface area contributed by atoms with Gasteiger partial charge in [-0.3, -0.25) is 9.59 Å². The molecule has 0 heterocycles. The van der Waals surface area contributed by atoms with Gasteiger partial charge in [0.1, 0.15) is 6.61 Å². The van der Waals surface area contributed by atoms with Crippen molar-refractivity contribution in [3.05, 3.63) is 122 Å². The van der Waals surface area contributed by atoms with Crippen LogP contribution in [0.4, 0.5) is 0 Å². The molecule has 0 aromatic carbocycles. The molecule has 0 radical (unpaired) electrons. The lowest BCUT2D eigenvalue weighted by atomic mass is 10.0. The summed E-state index contributed by atoms with van der Waals surface area (Å²) in [6, 6.07) is 0. The molecule has 0 spiro atoms. The minimum Gasteiger partial charge on any atom is -0.462 e. The van der Waals surface area contributed by atoms with Crippen molar-refractivity contribution in [1.82, 2.24) is 0 Å². The number of carbonyl (C=O) groups is 2. The third kappa shape index (κ3) is 62.7. The Morgan fingerprint density at radius 3 is 0.867 bits per heavy atom. The van der Waals surface area contributed by atoms with E-state index in [-0.39, 0.29) is 25.2 Å². The molecule has 0 saturated carbocycles. The number of unbranched alkanes of at least 4 members (excludes halogenated alkanes) is 29. The number of allylic oxidation sites excluding steroid dienone is 20. The maximum Gasteiger partial charge on any atom is 0.306 e. The molecular weight excluding hydrogens is 921 g/mol. The van der Waals surface area contributed by atoms with Crippen molar-refractivity contribution >= 4 is 11.9 Å². The van der Waals surface area contributed by atoms with E-state index in [0.29, 0.717) is 12.8 Å². The van der Waals surface area contributed by atoms with Gasteiger partial charge in [0.05, 0.1) is 6.61 Å². The Bertz CT molecular complexity index is 1500. The van der Waals surface area contributed by atoms with Crippen LogP contribution in [0.1, 0.15) is 290 Å². The van der Waals surface area contributed by atoms with Gasteiger partial charge in [0, 0.05) is 12.8 Å². The quantitative estimate of drug-likeness (QED) is 0.0373. The van der Waals surface area contributed by atoms with Crippen LogP contribution in [-0.2, 0) is 19.1 Å². The maximum absolute atomic E-state index is 12.3. The van der Waals surface area contributed by atoms with Gasteiger partial charge < -0.3 is 14.6 Å². The molecule has 0 aliphatic rings. The lowest BCUT2D eigenvalue weighted by Gasteiger charge is -2.15. The third-order valence-corrected chi connectivity index (χ3v) is 13.5. The molecule has 75 heavy (non-hydrogen) atoms. The van der Waals surface area contributed by atoms with Crippen molar-refractivity contribution in [2.24, 2.45) is 0 Å². The maximum atomic E-state index is 12.3. The molecule has 5 nitrogen and oxygen atoms in total. The summed E-state index contributed by atoms with van der Waals surface area (Å²) in [5, 5.41) is 9.67. The number of aliphatic hydroxyl groups excluding tert-OH is 1. The van der Waals surface area contributed by atoms with Crippen LogP contribution in [0, 0.1) is 0 Å². The highest BCUT2D eigenvalue weighted by Crippen LogP contribution is 2.17. The van der Waals surface area contributed by atoms with Gasteiger partial charge in [-0.25, -0.2) is 0 Å². The van der Waals surface area contributed by atoms with Gasteiger partial charge in [0.2, 0.25) is 0 Å². The second kappa shape index (κ2) is 64.6. The molecule has 0 amide bonds. The molecule has 0 bridgehead atoms. The molecule has 1 N–H and O–H groups in total. The number of carbonyl (C=O) groups excluding carboxylic acids is 2. The van der Waals surface area contributed by atoms with E-state index in [2.05, 4.69) is 135 Å². The minimum atomic E-state index is -0.783. The zero-order chi connectivity index (χ0) is 54.1. The lowest BCUT2D eigenvalue weighted by Crippen LogP contribution is -2.28. The average Bonchev–Trinajstić information content (AvgIpc) is 3.41. The Labute approximate surface area is 464 Å². The summed E-state index contributed by atoms with van der Waals surface area (Å²) >= 11 is 0. The average molecular weight is 1040 g/mol. The fourth-order valence-corrected chi connectivity index (χ4v) is 8.82. The molecule has 5 heteroatoms. The van der Waals surface area contributed by atoms with Crippen molar-refractivity contribution in [2.45, 2.75) is 296 Å². The summed E-state index contributed by atoms with van der Waals surface area (Å²) in [6.07, 6.45) is 94.7. The topological polar surface area (TPSA) is 72.8 Å². The molecule has 0 saturated heterocycles. The van der Waals surface area contributed by atoms with E-state index >= 15 is 0 Å². The fraction of sp³-hybridized carbons (Fsp3) is 0.686. The molecule has 428 valence electrons. The highest BCUT2D eigenvalue weighted by atomic mass is 16.6. The summed E-state index contributed by atoms with van der Waals surface area (Å²) in [5.41, 5.74) is 0. The van der Waals surface area contributed by atoms with Crippen LogP contribution in [0.5, 0.6) is 0 Å². The van der Waals surface area contributed by atoms with Crippen LogP contribution >= 0.6 is 0 Å². The second-order valence-electron chi connectivity index (χ2n) is 20.8. The minimum absolute atomic E-state index is 0.0716. The van der Waals surface area contributed by atoms with Gasteiger partial charge >= 0.3 is 11.9 Å². The molecule has 0 aromatic heterocycles. The SMILES string of the molecule is CC/C=C\C/C=C\C/C=C\C/C=C\C/C=C\C/C=C\C/C=C\C/C=C\C/C=C\C/C=C\CCCCCCCCCCC(=O)OC(CO)COC(=O)CCCCCCCCCCCCCCCCCCCCCCCC. The fourth-order valence-electron chi connectivity index (χ4n) is 8.82. The lowest BCUT2D eigenvalue weighted by molar-refractivity contribution is -0.161. The third-order valence-electron chi connectivity index (χ3n) is 13.5. The van der Waals surface area contributed by atoms with E-state index in [4.69, 9.17) is 9.47 Å². The van der Waals surface area contributed by atoms with Gasteiger partial charge in [-0.2, -0.15) is 0 Å². The number of ether oxygens (including phenoxy) is 2. The Morgan fingerprint density at radius 1 is 0.320 bits per heavy atom. The molecular formula is C70H118O5. The zero-order valence-corrected chi connectivity index (χ0v) is 49.0. The molecule has 0 aliphatic carbocycles. The molecule has 0 aliphatic heterocycles.